The van der Waals surface area contributed by atoms with Gasteiger partial charge in [0, 0.05) is 11.7 Å². The van der Waals surface area contributed by atoms with Gasteiger partial charge < -0.3 is 20.3 Å². The summed E-state index contributed by atoms with van der Waals surface area (Å²) in [5, 5.41) is 8.00. The van der Waals surface area contributed by atoms with Crippen LogP contribution in [0, 0.1) is 5.92 Å². The van der Waals surface area contributed by atoms with Crippen LogP contribution in [-0.2, 0) is 20.7 Å². The van der Waals surface area contributed by atoms with Crippen LogP contribution in [0.25, 0.3) is 10.8 Å². The zero-order chi connectivity index (χ0) is 29.7. The van der Waals surface area contributed by atoms with Gasteiger partial charge >= 0.3 is 6.09 Å². The van der Waals surface area contributed by atoms with Crippen molar-refractivity contribution in [3.8, 4) is 0 Å². The van der Waals surface area contributed by atoms with Gasteiger partial charge in [-0.15, -0.1) is 0 Å². The van der Waals surface area contributed by atoms with E-state index in [1.807, 2.05) is 80.6 Å². The first-order chi connectivity index (χ1) is 19.4. The number of amides is 3. The number of alkyl carbamates (subject to hydrolysis) is 1. The maximum absolute atomic E-state index is 14.3. The summed E-state index contributed by atoms with van der Waals surface area (Å²) in [4.78, 5) is 42.9. The second-order valence-electron chi connectivity index (χ2n) is 12.4. The molecule has 3 aromatic carbocycles. The molecule has 7 nitrogen and oxygen atoms in total. The number of benzene rings is 3. The molecule has 3 aromatic rings. The molecule has 0 radical (unpaired) electrons. The Morgan fingerprint density at radius 2 is 1.61 bits per heavy atom. The van der Waals surface area contributed by atoms with Crippen molar-refractivity contribution < 1.29 is 19.1 Å². The Morgan fingerprint density at radius 3 is 2.20 bits per heavy atom. The average Bonchev–Trinajstić information content (AvgIpc) is 3.75. The van der Waals surface area contributed by atoms with Crippen molar-refractivity contribution in [3.63, 3.8) is 0 Å². The van der Waals surface area contributed by atoms with E-state index in [1.165, 1.54) is 0 Å². The fourth-order valence-electron chi connectivity index (χ4n) is 5.04. The lowest BCUT2D eigenvalue weighted by Crippen LogP contribution is -2.53. The van der Waals surface area contributed by atoms with Gasteiger partial charge in [0.25, 0.3) is 5.91 Å². The van der Waals surface area contributed by atoms with Crippen LogP contribution in [-0.4, -0.2) is 40.5 Å². The van der Waals surface area contributed by atoms with Gasteiger partial charge in [0.2, 0.25) is 5.91 Å². The van der Waals surface area contributed by atoms with Crippen molar-refractivity contribution in [1.82, 2.24) is 10.2 Å². The number of rotatable bonds is 10. The molecule has 4 rings (SSSR count). The van der Waals surface area contributed by atoms with Crippen LogP contribution >= 0.6 is 0 Å². The highest BCUT2D eigenvalue weighted by Crippen LogP contribution is 2.37. The average molecular weight is 558 g/mol. The van der Waals surface area contributed by atoms with Gasteiger partial charge in [-0.05, 0) is 86.4 Å². The van der Waals surface area contributed by atoms with Crippen LogP contribution < -0.4 is 10.6 Å². The molecule has 2 atom stereocenters. The third-order valence-corrected chi connectivity index (χ3v) is 7.14. The van der Waals surface area contributed by atoms with E-state index in [-0.39, 0.29) is 23.8 Å². The quantitative estimate of drug-likeness (QED) is 0.281. The minimum Gasteiger partial charge on any atom is -0.444 e. The Kier molecular flexibility index (Phi) is 9.36. The maximum atomic E-state index is 14.3. The minimum atomic E-state index is -0.859. The summed E-state index contributed by atoms with van der Waals surface area (Å²) in [6.07, 6.45) is 2.26. The Hall–Kier alpha value is -3.87. The van der Waals surface area contributed by atoms with Crippen LogP contribution in [0.15, 0.2) is 66.7 Å². The first-order valence-electron chi connectivity index (χ1n) is 14.7. The predicted octanol–water partition coefficient (Wildman–Crippen LogP) is 7.01. The first kappa shape index (κ1) is 30.1. The first-order valence-corrected chi connectivity index (χ1v) is 14.7. The highest BCUT2D eigenvalue weighted by Gasteiger charge is 2.44. The van der Waals surface area contributed by atoms with Gasteiger partial charge in [-0.1, -0.05) is 75.4 Å². The van der Waals surface area contributed by atoms with Gasteiger partial charge in [0.1, 0.15) is 17.7 Å². The third kappa shape index (κ3) is 8.09. The fraction of sp³-hybridized carbons (Fsp3) is 0.441. The lowest BCUT2D eigenvalue weighted by atomic mass is 9.98. The number of nitrogens with zero attached hydrogens (tertiary/aromatic N) is 1. The molecule has 0 heterocycles. The van der Waals surface area contributed by atoms with Crippen molar-refractivity contribution in [2.75, 3.05) is 5.32 Å². The molecule has 1 aliphatic carbocycles. The molecule has 41 heavy (non-hydrogen) atoms. The van der Waals surface area contributed by atoms with Gasteiger partial charge in [0.05, 0.1) is 0 Å². The van der Waals surface area contributed by atoms with E-state index in [1.54, 1.807) is 25.7 Å². The molecule has 2 unspecified atom stereocenters. The van der Waals surface area contributed by atoms with Crippen LogP contribution in [0.1, 0.15) is 78.0 Å². The SMILES string of the molecule is CCc1ccc(C(C(=O)Nc2ccc3ccccc3c2)N(C(=O)C(CC(C)C)NC(=O)OC(C)(C)C)C2CC2)cc1. The van der Waals surface area contributed by atoms with Crippen molar-refractivity contribution in [3.05, 3.63) is 77.9 Å². The van der Waals surface area contributed by atoms with Crippen molar-refractivity contribution in [2.24, 2.45) is 5.92 Å². The number of carbonyl (C=O) groups is 3. The summed E-state index contributed by atoms with van der Waals surface area (Å²) < 4.78 is 5.49. The number of fused-ring (bicyclic) bond motifs is 1. The summed E-state index contributed by atoms with van der Waals surface area (Å²) in [6.45, 7) is 11.5. The molecule has 1 fully saturated rings. The second kappa shape index (κ2) is 12.8. The number of ether oxygens (including phenoxy) is 1. The molecule has 2 N–H and O–H groups in total. The van der Waals surface area contributed by atoms with E-state index in [0.717, 1.165) is 41.2 Å². The van der Waals surface area contributed by atoms with Crippen LogP contribution in [0.4, 0.5) is 10.5 Å². The number of hydrogen-bond acceptors (Lipinski definition) is 4. The molecule has 0 bridgehead atoms. The number of anilines is 1. The summed E-state index contributed by atoms with van der Waals surface area (Å²) in [5.41, 5.74) is 1.85. The van der Waals surface area contributed by atoms with E-state index in [0.29, 0.717) is 12.1 Å². The topological polar surface area (TPSA) is 87.7 Å². The molecule has 1 saturated carbocycles. The van der Waals surface area contributed by atoms with E-state index >= 15 is 0 Å². The molecule has 0 aliphatic heterocycles. The van der Waals surface area contributed by atoms with Crippen LogP contribution in [0.2, 0.25) is 0 Å². The molecular weight excluding hydrogens is 514 g/mol. The molecule has 3 amide bonds. The van der Waals surface area contributed by atoms with Crippen molar-refractivity contribution in [1.29, 1.82) is 0 Å². The zero-order valence-electron chi connectivity index (χ0n) is 25.1. The monoisotopic (exact) mass is 557 g/mol. The lowest BCUT2D eigenvalue weighted by Gasteiger charge is -2.35. The maximum Gasteiger partial charge on any atom is 0.408 e. The molecular formula is C34H43N3O4. The standard InChI is InChI=1S/C34H43N3O4/c1-7-23-12-14-25(15-13-23)30(31(38)35-27-17-16-24-10-8-9-11-26(24)21-27)37(28-18-19-28)32(39)29(20-22(2)3)36-33(40)41-34(4,5)6/h8-17,21-22,28-30H,7,18-20H2,1-6H3,(H,35,38)(H,36,40). The Bertz CT molecular complexity index is 1370. The summed E-state index contributed by atoms with van der Waals surface area (Å²) >= 11 is 0. The predicted molar refractivity (Wildman–Crippen MR) is 164 cm³/mol. The van der Waals surface area contributed by atoms with Gasteiger partial charge in [-0.2, -0.15) is 0 Å². The number of carbonyl (C=O) groups excluding carboxylic acids is 3. The highest BCUT2D eigenvalue weighted by atomic mass is 16.6. The molecule has 0 spiro atoms. The van der Waals surface area contributed by atoms with E-state index in [9.17, 15) is 14.4 Å². The normalized spacial score (nSPS) is 14.8. The summed E-state index contributed by atoms with van der Waals surface area (Å²) in [6, 6.07) is 19.9. The Balaban J connectivity index is 1.69. The molecule has 0 aromatic heterocycles. The molecule has 0 saturated heterocycles. The number of nitrogens with one attached hydrogen (secondary N) is 2. The highest BCUT2D eigenvalue weighted by molar-refractivity contribution is 6.00. The Morgan fingerprint density at radius 1 is 0.951 bits per heavy atom. The van der Waals surface area contributed by atoms with Gasteiger partial charge in [-0.3, -0.25) is 9.59 Å². The Labute approximate surface area is 243 Å². The minimum absolute atomic E-state index is 0.0872. The molecule has 7 heteroatoms. The zero-order valence-corrected chi connectivity index (χ0v) is 25.1. The lowest BCUT2D eigenvalue weighted by molar-refractivity contribution is -0.141. The van der Waals surface area contributed by atoms with Gasteiger partial charge in [-0.25, -0.2) is 4.79 Å². The summed E-state index contributed by atoms with van der Waals surface area (Å²) in [7, 11) is 0. The van der Waals surface area contributed by atoms with Crippen molar-refractivity contribution in [2.45, 2.75) is 91.0 Å². The summed E-state index contributed by atoms with van der Waals surface area (Å²) in [5.74, 6) is -0.427. The molecule has 218 valence electrons. The smallest absolute Gasteiger partial charge is 0.408 e. The molecule has 1 aliphatic rings. The number of hydrogen-bond donors (Lipinski definition) is 2. The van der Waals surface area contributed by atoms with E-state index < -0.39 is 23.8 Å². The second-order valence-corrected chi connectivity index (χ2v) is 12.4. The fourth-order valence-corrected chi connectivity index (χ4v) is 5.04. The van der Waals surface area contributed by atoms with Crippen LogP contribution in [0.5, 0.6) is 0 Å². The van der Waals surface area contributed by atoms with Crippen molar-refractivity contribution >= 4 is 34.4 Å². The van der Waals surface area contributed by atoms with Gasteiger partial charge in [0.15, 0.2) is 0 Å². The third-order valence-electron chi connectivity index (χ3n) is 7.14. The van der Waals surface area contributed by atoms with E-state index in [4.69, 9.17) is 4.74 Å². The number of aryl methyl sites for hydroxylation is 1. The largest absolute Gasteiger partial charge is 0.444 e. The van der Waals surface area contributed by atoms with Crippen LogP contribution in [0.3, 0.4) is 0 Å². The van der Waals surface area contributed by atoms with E-state index in [2.05, 4.69) is 17.6 Å².